The Morgan fingerprint density at radius 3 is 2.43 bits per heavy atom. The van der Waals surface area contributed by atoms with E-state index in [1.54, 1.807) is 0 Å². The number of anilines is 1. The van der Waals surface area contributed by atoms with Crippen molar-refractivity contribution in [3.05, 3.63) is 78.4 Å². The highest BCUT2D eigenvalue weighted by atomic mass is 16.1. The molecule has 0 heterocycles. The molecule has 0 saturated carbocycles. The van der Waals surface area contributed by atoms with Crippen molar-refractivity contribution in [2.45, 2.75) is 13.0 Å². The maximum atomic E-state index is 12.2. The fourth-order valence-corrected chi connectivity index (χ4v) is 2.67. The number of hydrogen-bond acceptors (Lipinski definition) is 2. The Bertz CT molecular complexity index is 794. The molecular formula is C20H20N2O. The van der Waals surface area contributed by atoms with Gasteiger partial charge in [0.1, 0.15) is 0 Å². The smallest absolute Gasteiger partial charge is 0.239 e. The van der Waals surface area contributed by atoms with Crippen molar-refractivity contribution in [3.63, 3.8) is 0 Å². The van der Waals surface area contributed by atoms with Gasteiger partial charge in [-0.15, -0.1) is 0 Å². The minimum absolute atomic E-state index is 0.00184. The molecule has 23 heavy (non-hydrogen) atoms. The van der Waals surface area contributed by atoms with Gasteiger partial charge < -0.3 is 10.6 Å². The minimum Gasteiger partial charge on any atom is -0.376 e. The predicted octanol–water partition coefficient (Wildman–Crippen LogP) is 4.13. The van der Waals surface area contributed by atoms with Crippen molar-refractivity contribution < 1.29 is 4.79 Å². The molecule has 3 aromatic rings. The molecule has 0 radical (unpaired) electrons. The number of nitrogens with one attached hydrogen (secondary N) is 2. The fourth-order valence-electron chi connectivity index (χ4n) is 2.67. The Morgan fingerprint density at radius 2 is 1.61 bits per heavy atom. The van der Waals surface area contributed by atoms with Crippen LogP contribution in [0.4, 0.5) is 5.69 Å². The van der Waals surface area contributed by atoms with Crippen molar-refractivity contribution in [1.29, 1.82) is 0 Å². The molecule has 0 aromatic heterocycles. The monoisotopic (exact) mass is 304 g/mol. The van der Waals surface area contributed by atoms with Gasteiger partial charge in [0.25, 0.3) is 0 Å². The van der Waals surface area contributed by atoms with E-state index in [0.717, 1.165) is 22.0 Å². The zero-order valence-corrected chi connectivity index (χ0v) is 13.1. The summed E-state index contributed by atoms with van der Waals surface area (Å²) in [5, 5.41) is 8.53. The SMILES string of the molecule is C[C@H](NC(=O)CNc1cccc2ccccc12)c1ccccc1. The molecule has 3 rings (SSSR count). The van der Waals surface area contributed by atoms with E-state index in [4.69, 9.17) is 0 Å². The zero-order chi connectivity index (χ0) is 16.1. The highest BCUT2D eigenvalue weighted by Gasteiger charge is 2.09. The van der Waals surface area contributed by atoms with Gasteiger partial charge in [-0.3, -0.25) is 4.79 Å². The van der Waals surface area contributed by atoms with Crippen molar-refractivity contribution in [2.75, 3.05) is 11.9 Å². The predicted molar refractivity (Wildman–Crippen MR) is 95.4 cm³/mol. The van der Waals surface area contributed by atoms with E-state index in [0.29, 0.717) is 0 Å². The van der Waals surface area contributed by atoms with Gasteiger partial charge in [-0.05, 0) is 23.9 Å². The summed E-state index contributed by atoms with van der Waals surface area (Å²) in [7, 11) is 0. The van der Waals surface area contributed by atoms with Gasteiger partial charge in [0, 0.05) is 11.1 Å². The van der Waals surface area contributed by atoms with Gasteiger partial charge >= 0.3 is 0 Å². The Balaban J connectivity index is 1.62. The van der Waals surface area contributed by atoms with Crippen molar-refractivity contribution in [2.24, 2.45) is 0 Å². The molecule has 2 N–H and O–H groups in total. The molecule has 116 valence electrons. The van der Waals surface area contributed by atoms with E-state index in [2.05, 4.69) is 28.8 Å². The van der Waals surface area contributed by atoms with Gasteiger partial charge in [0.2, 0.25) is 5.91 Å². The van der Waals surface area contributed by atoms with E-state index < -0.39 is 0 Å². The maximum absolute atomic E-state index is 12.2. The lowest BCUT2D eigenvalue weighted by Crippen LogP contribution is -2.32. The molecule has 3 heteroatoms. The van der Waals surface area contributed by atoms with Gasteiger partial charge in [-0.2, -0.15) is 0 Å². The number of fused-ring (bicyclic) bond motifs is 1. The molecule has 0 unspecified atom stereocenters. The molecular weight excluding hydrogens is 284 g/mol. The maximum Gasteiger partial charge on any atom is 0.239 e. The quantitative estimate of drug-likeness (QED) is 0.744. The molecule has 1 amide bonds. The second-order valence-corrected chi connectivity index (χ2v) is 5.58. The van der Waals surface area contributed by atoms with Crippen LogP contribution in [0.25, 0.3) is 10.8 Å². The average molecular weight is 304 g/mol. The summed E-state index contributed by atoms with van der Waals surface area (Å²) in [5.74, 6) is -0.0192. The van der Waals surface area contributed by atoms with E-state index >= 15 is 0 Å². The summed E-state index contributed by atoms with van der Waals surface area (Å²) in [5.41, 5.74) is 2.08. The minimum atomic E-state index is -0.0192. The van der Waals surface area contributed by atoms with Crippen LogP contribution in [-0.4, -0.2) is 12.5 Å². The van der Waals surface area contributed by atoms with Crippen LogP contribution < -0.4 is 10.6 Å². The van der Waals surface area contributed by atoms with Crippen molar-refractivity contribution >= 4 is 22.4 Å². The normalized spacial score (nSPS) is 11.9. The van der Waals surface area contributed by atoms with Crippen molar-refractivity contribution in [3.8, 4) is 0 Å². The topological polar surface area (TPSA) is 41.1 Å². The molecule has 0 aliphatic heterocycles. The van der Waals surface area contributed by atoms with Crippen LogP contribution in [-0.2, 0) is 4.79 Å². The summed E-state index contributed by atoms with van der Waals surface area (Å²) >= 11 is 0. The van der Waals surface area contributed by atoms with Crippen LogP contribution in [0.2, 0.25) is 0 Å². The lowest BCUT2D eigenvalue weighted by Gasteiger charge is -2.15. The summed E-state index contributed by atoms with van der Waals surface area (Å²) < 4.78 is 0. The Hall–Kier alpha value is -2.81. The third kappa shape index (κ3) is 3.69. The number of hydrogen-bond donors (Lipinski definition) is 2. The first-order chi connectivity index (χ1) is 11.2. The second kappa shape index (κ2) is 6.97. The largest absolute Gasteiger partial charge is 0.376 e. The van der Waals surface area contributed by atoms with E-state index in [9.17, 15) is 4.79 Å². The Kier molecular flexibility index (Phi) is 4.57. The number of carbonyl (C=O) groups excluding carboxylic acids is 1. The molecule has 0 aliphatic carbocycles. The molecule has 3 aromatic carbocycles. The Labute approximate surface area is 136 Å². The molecule has 0 fully saturated rings. The summed E-state index contributed by atoms with van der Waals surface area (Å²) in [6.07, 6.45) is 0. The number of rotatable bonds is 5. The summed E-state index contributed by atoms with van der Waals surface area (Å²) in [6, 6.07) is 24.2. The van der Waals surface area contributed by atoms with E-state index in [1.807, 2.05) is 61.5 Å². The van der Waals surface area contributed by atoms with Crippen LogP contribution >= 0.6 is 0 Å². The molecule has 3 nitrogen and oxygen atoms in total. The summed E-state index contributed by atoms with van der Waals surface area (Å²) in [6.45, 7) is 2.25. The lowest BCUT2D eigenvalue weighted by molar-refractivity contribution is -0.120. The van der Waals surface area contributed by atoms with Crippen LogP contribution in [0.5, 0.6) is 0 Å². The number of amides is 1. The number of carbonyl (C=O) groups is 1. The highest BCUT2D eigenvalue weighted by Crippen LogP contribution is 2.22. The second-order valence-electron chi connectivity index (χ2n) is 5.58. The van der Waals surface area contributed by atoms with Crippen LogP contribution in [0.3, 0.4) is 0 Å². The Morgan fingerprint density at radius 1 is 0.913 bits per heavy atom. The van der Waals surface area contributed by atoms with E-state index in [1.165, 1.54) is 0 Å². The average Bonchev–Trinajstić information content (AvgIpc) is 2.60. The molecule has 0 spiro atoms. The molecule has 0 saturated heterocycles. The standard InChI is InChI=1S/C20H20N2O/c1-15(16-8-3-2-4-9-16)22-20(23)14-21-19-13-7-11-17-10-5-6-12-18(17)19/h2-13,15,21H,14H2,1H3,(H,22,23)/t15-/m0/s1. The first kappa shape index (κ1) is 15.1. The third-order valence-electron chi connectivity index (χ3n) is 3.91. The third-order valence-corrected chi connectivity index (χ3v) is 3.91. The fraction of sp³-hybridized carbons (Fsp3) is 0.150. The highest BCUT2D eigenvalue weighted by molar-refractivity contribution is 5.95. The van der Waals surface area contributed by atoms with Gasteiger partial charge in [0.05, 0.1) is 12.6 Å². The first-order valence-electron chi connectivity index (χ1n) is 7.80. The zero-order valence-electron chi connectivity index (χ0n) is 13.1. The lowest BCUT2D eigenvalue weighted by atomic mass is 10.1. The van der Waals surface area contributed by atoms with Gasteiger partial charge in [-0.1, -0.05) is 66.7 Å². The van der Waals surface area contributed by atoms with Crippen LogP contribution in [0.1, 0.15) is 18.5 Å². The van der Waals surface area contributed by atoms with Gasteiger partial charge in [0.15, 0.2) is 0 Å². The molecule has 1 atom stereocenters. The van der Waals surface area contributed by atoms with Gasteiger partial charge in [-0.25, -0.2) is 0 Å². The molecule has 0 bridgehead atoms. The van der Waals surface area contributed by atoms with E-state index in [-0.39, 0.29) is 18.5 Å². The first-order valence-corrected chi connectivity index (χ1v) is 7.80. The number of benzene rings is 3. The summed E-state index contributed by atoms with van der Waals surface area (Å²) in [4.78, 5) is 12.2. The van der Waals surface area contributed by atoms with Crippen molar-refractivity contribution in [1.82, 2.24) is 5.32 Å². The molecule has 0 aliphatic rings. The van der Waals surface area contributed by atoms with Crippen LogP contribution in [0.15, 0.2) is 72.8 Å². The van der Waals surface area contributed by atoms with Crippen LogP contribution in [0, 0.1) is 0 Å².